The lowest BCUT2D eigenvalue weighted by Crippen LogP contribution is -2.59. The Kier molecular flexibility index (Phi) is 17.1. The lowest BCUT2D eigenvalue weighted by molar-refractivity contribution is -0.154. The zero-order chi connectivity index (χ0) is 36.5. The summed E-state index contributed by atoms with van der Waals surface area (Å²) in [6.07, 6.45) is 3.74. The highest BCUT2D eigenvalue weighted by atomic mass is 32.2. The predicted octanol–water partition coefficient (Wildman–Crippen LogP) is 2.22. The summed E-state index contributed by atoms with van der Waals surface area (Å²) in [7, 11) is 0. The van der Waals surface area contributed by atoms with Gasteiger partial charge >= 0.3 is 6.03 Å². The number of carbonyl (C=O) groups excluding carboxylic acids is 7. The lowest BCUT2D eigenvalue weighted by atomic mass is 9.89. The van der Waals surface area contributed by atoms with Crippen molar-refractivity contribution >= 4 is 58.8 Å². The van der Waals surface area contributed by atoms with Crippen molar-refractivity contribution in [1.29, 1.82) is 0 Å². The number of primary amides is 1. The molecule has 14 nitrogen and oxygen atoms in total. The number of hydrogen-bond donors (Lipinski definition) is 4. The van der Waals surface area contributed by atoms with Crippen molar-refractivity contribution in [2.45, 2.75) is 58.9 Å². The number of ketones is 1. The highest BCUT2D eigenvalue weighted by Gasteiger charge is 2.31. The first-order chi connectivity index (χ1) is 23.3. The Morgan fingerprint density at radius 3 is 2.06 bits per heavy atom. The summed E-state index contributed by atoms with van der Waals surface area (Å²) < 4.78 is 0. The van der Waals surface area contributed by atoms with Gasteiger partial charge in [0.15, 0.2) is 5.78 Å². The van der Waals surface area contributed by atoms with E-state index in [1.54, 1.807) is 26.0 Å². The molecule has 268 valence electrons. The first kappa shape index (κ1) is 40.5. The van der Waals surface area contributed by atoms with Crippen molar-refractivity contribution in [2.24, 2.45) is 17.6 Å². The molecule has 0 aliphatic carbocycles. The van der Waals surface area contributed by atoms with Crippen LogP contribution in [0.5, 0.6) is 0 Å². The molecular weight excluding hydrogens is 650 g/mol. The van der Waals surface area contributed by atoms with Crippen LogP contribution in [0.3, 0.4) is 0 Å². The first-order valence-electron chi connectivity index (χ1n) is 16.2. The highest BCUT2D eigenvalue weighted by Crippen LogP contribution is 2.20. The van der Waals surface area contributed by atoms with Gasteiger partial charge in [-0.1, -0.05) is 46.1 Å². The van der Waals surface area contributed by atoms with Gasteiger partial charge in [0.25, 0.3) is 0 Å². The van der Waals surface area contributed by atoms with Crippen molar-refractivity contribution in [3.8, 4) is 0 Å². The van der Waals surface area contributed by atoms with E-state index in [9.17, 15) is 33.6 Å². The van der Waals surface area contributed by atoms with Gasteiger partial charge in [-0.3, -0.25) is 28.8 Å². The molecule has 0 radical (unpaired) electrons. The van der Waals surface area contributed by atoms with E-state index < -0.39 is 35.7 Å². The number of hydrogen-bond acceptors (Lipinski definition) is 8. The monoisotopic (exact) mass is 699 g/mol. The van der Waals surface area contributed by atoms with Crippen molar-refractivity contribution in [3.63, 3.8) is 0 Å². The van der Waals surface area contributed by atoms with E-state index in [2.05, 4.69) is 29.1 Å². The van der Waals surface area contributed by atoms with Crippen molar-refractivity contribution < 1.29 is 33.6 Å². The van der Waals surface area contributed by atoms with E-state index in [0.717, 1.165) is 24.1 Å². The fourth-order valence-corrected chi connectivity index (χ4v) is 5.82. The number of urea groups is 1. The normalized spacial score (nSPS) is 14.0. The number of rotatable bonds is 19. The second kappa shape index (κ2) is 20.6. The van der Waals surface area contributed by atoms with E-state index in [1.807, 2.05) is 19.1 Å². The van der Waals surface area contributed by atoms with E-state index in [4.69, 9.17) is 5.73 Å². The molecule has 0 spiro atoms. The second-order valence-corrected chi connectivity index (χ2v) is 13.1. The minimum absolute atomic E-state index is 0.000247. The molecular formula is C34H49N7O7S. The molecule has 1 aliphatic heterocycles. The maximum atomic E-state index is 13.5. The summed E-state index contributed by atoms with van der Waals surface area (Å²) in [5.74, 6) is -2.87. The van der Waals surface area contributed by atoms with Crippen LogP contribution in [0.15, 0.2) is 49.6 Å². The van der Waals surface area contributed by atoms with Crippen LogP contribution in [0.25, 0.3) is 0 Å². The van der Waals surface area contributed by atoms with Gasteiger partial charge in [-0.25, -0.2) is 4.79 Å². The maximum absolute atomic E-state index is 13.5. The van der Waals surface area contributed by atoms with Crippen LogP contribution in [0.1, 0.15) is 52.0 Å². The largest absolute Gasteiger partial charge is 0.352 e. The molecule has 2 atom stereocenters. The van der Waals surface area contributed by atoms with E-state index in [0.29, 0.717) is 18.5 Å². The number of nitrogens with two attached hydrogens (primary N) is 1. The quantitative estimate of drug-likeness (QED) is 0.125. The lowest BCUT2D eigenvalue weighted by Gasteiger charge is -2.41. The molecule has 1 saturated heterocycles. The van der Waals surface area contributed by atoms with Crippen LogP contribution in [0.4, 0.5) is 10.5 Å². The summed E-state index contributed by atoms with van der Waals surface area (Å²) in [6.45, 7) is 12.8. The number of carbonyl (C=O) groups is 7. The van der Waals surface area contributed by atoms with Gasteiger partial charge in [-0.2, -0.15) is 11.8 Å². The number of nitrogens with zero attached hydrogens (tertiary/aromatic N) is 3. The SMILES string of the molecule is C=CC(=O)N1CN(C(=O)C=C)CN(C(=O)CCSCC(=O)N[C@H](C(=O)C[C@@H](CCCNC(N)=O)C(=O)Nc2ccc(CC)cc2)C(C)C)C1. The molecule has 1 aromatic carbocycles. The molecule has 1 fully saturated rings. The average molecular weight is 700 g/mol. The van der Waals surface area contributed by atoms with Gasteiger partial charge in [0.2, 0.25) is 29.5 Å². The second-order valence-electron chi connectivity index (χ2n) is 12.0. The van der Waals surface area contributed by atoms with Crippen LogP contribution >= 0.6 is 11.8 Å². The Morgan fingerprint density at radius 1 is 0.939 bits per heavy atom. The summed E-state index contributed by atoms with van der Waals surface area (Å²) in [6, 6.07) is 5.92. The molecule has 5 N–H and O–H groups in total. The average Bonchev–Trinajstić information content (AvgIpc) is 3.09. The number of anilines is 1. The number of benzene rings is 1. The summed E-state index contributed by atoms with van der Waals surface area (Å²) >= 11 is 1.21. The third kappa shape index (κ3) is 13.8. The molecule has 1 aromatic rings. The van der Waals surface area contributed by atoms with Gasteiger partial charge in [-0.05, 0) is 55.0 Å². The minimum Gasteiger partial charge on any atom is -0.352 e. The molecule has 0 bridgehead atoms. The summed E-state index contributed by atoms with van der Waals surface area (Å²) in [4.78, 5) is 92.0. The third-order valence-corrected chi connectivity index (χ3v) is 8.81. The Hall–Kier alpha value is -4.66. The Bertz CT molecular complexity index is 1340. The van der Waals surface area contributed by atoms with E-state index in [1.165, 1.54) is 26.5 Å². The summed E-state index contributed by atoms with van der Waals surface area (Å²) in [5, 5.41) is 8.15. The number of amides is 7. The van der Waals surface area contributed by atoms with Gasteiger partial charge in [-0.15, -0.1) is 0 Å². The number of nitrogens with one attached hydrogen (secondary N) is 3. The maximum Gasteiger partial charge on any atom is 0.312 e. The van der Waals surface area contributed by atoms with Gasteiger partial charge < -0.3 is 36.4 Å². The molecule has 0 saturated carbocycles. The highest BCUT2D eigenvalue weighted by molar-refractivity contribution is 7.99. The predicted molar refractivity (Wildman–Crippen MR) is 189 cm³/mol. The van der Waals surface area contributed by atoms with Crippen LogP contribution < -0.4 is 21.7 Å². The molecule has 0 aromatic heterocycles. The Labute approximate surface area is 292 Å². The number of aryl methyl sites for hydroxylation is 1. The van der Waals surface area contributed by atoms with Crippen molar-refractivity contribution in [1.82, 2.24) is 25.3 Å². The van der Waals surface area contributed by atoms with Crippen molar-refractivity contribution in [3.05, 3.63) is 55.1 Å². The first-order valence-corrected chi connectivity index (χ1v) is 17.4. The smallest absolute Gasteiger partial charge is 0.312 e. The molecule has 2 rings (SSSR count). The molecule has 7 amide bonds. The van der Waals surface area contributed by atoms with E-state index >= 15 is 0 Å². The standard InChI is InChI=1S/C34H49N7O7S/c1-6-24-11-13-26(14-12-24)37-33(47)25(10-9-16-36-34(35)48)18-27(42)32(23(4)5)38-28(43)19-49-17-15-31(46)41-21-39(29(44)7-2)20-40(22-41)30(45)8-3/h7-8,11-14,23,25,32H,2-3,6,9-10,15-22H2,1,4-5H3,(H,37,47)(H,38,43)(H3,35,36,48)/t25-,32+/m1/s1. The Morgan fingerprint density at radius 2 is 1.53 bits per heavy atom. The zero-order valence-corrected chi connectivity index (χ0v) is 29.4. The zero-order valence-electron chi connectivity index (χ0n) is 28.6. The van der Waals surface area contributed by atoms with E-state index in [-0.39, 0.29) is 74.4 Å². The van der Waals surface area contributed by atoms with Gasteiger partial charge in [0.05, 0.1) is 31.8 Å². The topological polar surface area (TPSA) is 191 Å². The van der Waals surface area contributed by atoms with Crippen LogP contribution in [-0.2, 0) is 35.2 Å². The number of thioether (sulfide) groups is 1. The van der Waals surface area contributed by atoms with Gasteiger partial charge in [0, 0.05) is 36.7 Å². The third-order valence-electron chi connectivity index (χ3n) is 7.85. The van der Waals surface area contributed by atoms with Crippen LogP contribution in [0, 0.1) is 11.8 Å². The Balaban J connectivity index is 1.95. The van der Waals surface area contributed by atoms with Gasteiger partial charge in [0.1, 0.15) is 0 Å². The molecule has 1 aliphatic rings. The number of Topliss-reactive ketones (excluding diaryl/α,β-unsaturated/α-hetero) is 1. The van der Waals surface area contributed by atoms with Crippen LogP contribution in [0.2, 0.25) is 0 Å². The molecule has 49 heavy (non-hydrogen) atoms. The minimum atomic E-state index is -0.840. The fraction of sp³-hybridized carbons (Fsp3) is 0.500. The molecule has 1 heterocycles. The molecule has 0 unspecified atom stereocenters. The fourth-order valence-electron chi connectivity index (χ4n) is 5.09. The van der Waals surface area contributed by atoms with Crippen molar-refractivity contribution in [2.75, 3.05) is 43.4 Å². The van der Waals surface area contributed by atoms with Crippen LogP contribution in [-0.4, -0.2) is 100 Å². The summed E-state index contributed by atoms with van der Waals surface area (Å²) in [5.41, 5.74) is 6.87. The molecule has 15 heteroatoms.